The van der Waals surface area contributed by atoms with Crippen molar-refractivity contribution in [3.8, 4) is 11.6 Å². The normalized spacial score (nSPS) is 10.7. The van der Waals surface area contributed by atoms with Gasteiger partial charge in [0, 0.05) is 23.2 Å². The van der Waals surface area contributed by atoms with Crippen molar-refractivity contribution in [3.63, 3.8) is 0 Å². The summed E-state index contributed by atoms with van der Waals surface area (Å²) in [7, 11) is 0. The molecular weight excluding hydrogens is 381 g/mol. The molecule has 0 fully saturated rings. The van der Waals surface area contributed by atoms with Crippen molar-refractivity contribution in [2.45, 2.75) is 13.5 Å². The molecule has 1 heterocycles. The lowest BCUT2D eigenvalue weighted by Gasteiger charge is -2.10. The van der Waals surface area contributed by atoms with Crippen LogP contribution in [0.15, 0.2) is 22.7 Å². The Balaban J connectivity index is 2.27. The van der Waals surface area contributed by atoms with Crippen molar-refractivity contribution in [1.29, 1.82) is 0 Å². The van der Waals surface area contributed by atoms with E-state index >= 15 is 0 Å². The number of anilines is 1. The Hall–Kier alpha value is -1.08. The van der Waals surface area contributed by atoms with Gasteiger partial charge in [-0.05, 0) is 28.9 Å². The largest absolute Gasteiger partial charge is 0.437 e. The number of nitrogen functional groups attached to an aromatic ring is 1. The minimum atomic E-state index is 0.257. The van der Waals surface area contributed by atoms with Gasteiger partial charge in [-0.2, -0.15) is 4.98 Å². The molecule has 5 nitrogen and oxygen atoms in total. The first-order chi connectivity index (χ1) is 9.99. The van der Waals surface area contributed by atoms with Crippen molar-refractivity contribution in [2.75, 3.05) is 12.3 Å². The number of nitrogens with two attached hydrogens (primary N) is 1. The molecule has 0 aliphatic heterocycles. The molecule has 0 amide bonds. The molecule has 0 radical (unpaired) electrons. The summed E-state index contributed by atoms with van der Waals surface area (Å²) in [5.41, 5.74) is 5.72. The average Bonchev–Trinajstić information content (AvgIpc) is 2.42. The lowest BCUT2D eigenvalue weighted by molar-refractivity contribution is 0.128. The highest BCUT2D eigenvalue weighted by Gasteiger charge is 2.10. The molecule has 112 valence electrons. The van der Waals surface area contributed by atoms with Gasteiger partial charge < -0.3 is 15.2 Å². The Labute approximate surface area is 140 Å². The Morgan fingerprint density at radius 1 is 1.19 bits per heavy atom. The fraction of sp³-hybridized carbons (Fsp3) is 0.231. The molecule has 0 atom stereocenters. The summed E-state index contributed by atoms with van der Waals surface area (Å²) in [6.07, 6.45) is 0. The van der Waals surface area contributed by atoms with Crippen LogP contribution in [0.5, 0.6) is 11.6 Å². The van der Waals surface area contributed by atoms with Gasteiger partial charge in [0.15, 0.2) is 5.82 Å². The highest BCUT2D eigenvalue weighted by atomic mass is 79.9. The van der Waals surface area contributed by atoms with Gasteiger partial charge in [0.1, 0.15) is 18.2 Å². The summed E-state index contributed by atoms with van der Waals surface area (Å²) in [6, 6.07) is 4.74. The van der Waals surface area contributed by atoms with E-state index in [0.29, 0.717) is 32.7 Å². The number of aromatic nitrogens is 2. The van der Waals surface area contributed by atoms with Crippen LogP contribution in [-0.4, -0.2) is 16.6 Å². The Kier molecular flexibility index (Phi) is 5.64. The maximum Gasteiger partial charge on any atom is 0.224 e. The van der Waals surface area contributed by atoms with Crippen LogP contribution < -0.4 is 10.5 Å². The molecule has 1 aromatic carbocycles. The summed E-state index contributed by atoms with van der Waals surface area (Å²) >= 11 is 15.4. The molecule has 0 aliphatic carbocycles. The second kappa shape index (κ2) is 7.26. The van der Waals surface area contributed by atoms with E-state index in [1.54, 1.807) is 12.1 Å². The summed E-state index contributed by atoms with van der Waals surface area (Å²) in [5.74, 6) is 1.38. The van der Waals surface area contributed by atoms with Crippen LogP contribution in [0.25, 0.3) is 0 Å². The third-order valence-corrected chi connectivity index (χ3v) is 3.89. The molecule has 8 heteroatoms. The number of hydrogen-bond donors (Lipinski definition) is 1. The zero-order valence-electron chi connectivity index (χ0n) is 11.1. The Morgan fingerprint density at radius 3 is 2.67 bits per heavy atom. The second-order valence-corrected chi connectivity index (χ2v) is 5.65. The van der Waals surface area contributed by atoms with Crippen molar-refractivity contribution in [3.05, 3.63) is 38.5 Å². The van der Waals surface area contributed by atoms with E-state index < -0.39 is 0 Å². The zero-order valence-corrected chi connectivity index (χ0v) is 14.2. The van der Waals surface area contributed by atoms with Crippen molar-refractivity contribution < 1.29 is 9.47 Å². The monoisotopic (exact) mass is 391 g/mol. The predicted molar refractivity (Wildman–Crippen MR) is 86.0 cm³/mol. The van der Waals surface area contributed by atoms with Gasteiger partial charge in [-0.3, -0.25) is 0 Å². The molecule has 0 saturated heterocycles. The molecule has 0 unspecified atom stereocenters. The number of nitrogens with zero attached hydrogens (tertiary/aromatic N) is 2. The minimum Gasteiger partial charge on any atom is -0.437 e. The summed E-state index contributed by atoms with van der Waals surface area (Å²) < 4.78 is 11.6. The third-order valence-electron chi connectivity index (χ3n) is 2.39. The number of rotatable bonds is 5. The molecule has 21 heavy (non-hydrogen) atoms. The van der Waals surface area contributed by atoms with Crippen LogP contribution in [-0.2, 0) is 11.3 Å². The fourth-order valence-corrected chi connectivity index (χ4v) is 2.33. The first kappa shape index (κ1) is 16.3. The lowest BCUT2D eigenvalue weighted by Crippen LogP contribution is -2.03. The van der Waals surface area contributed by atoms with E-state index in [0.717, 1.165) is 0 Å². The highest BCUT2D eigenvalue weighted by molar-refractivity contribution is 9.10. The molecule has 0 bridgehead atoms. The fourth-order valence-electron chi connectivity index (χ4n) is 1.50. The number of halogens is 3. The maximum absolute atomic E-state index is 6.10. The van der Waals surface area contributed by atoms with Gasteiger partial charge >= 0.3 is 0 Å². The summed E-state index contributed by atoms with van der Waals surface area (Å²) in [4.78, 5) is 8.27. The molecule has 2 N–H and O–H groups in total. The van der Waals surface area contributed by atoms with Crippen LogP contribution in [0.2, 0.25) is 10.0 Å². The van der Waals surface area contributed by atoms with Gasteiger partial charge in [-0.15, -0.1) is 0 Å². The number of hydrogen-bond acceptors (Lipinski definition) is 5. The molecule has 1 aromatic heterocycles. The molecule has 0 saturated carbocycles. The van der Waals surface area contributed by atoms with Crippen LogP contribution in [0.4, 0.5) is 5.82 Å². The molecule has 0 spiro atoms. The zero-order chi connectivity index (χ0) is 15.4. The van der Waals surface area contributed by atoms with Gasteiger partial charge in [0.2, 0.25) is 5.88 Å². The number of benzene rings is 1. The van der Waals surface area contributed by atoms with Crippen LogP contribution in [0, 0.1) is 0 Å². The van der Waals surface area contributed by atoms with Crippen LogP contribution >= 0.6 is 39.1 Å². The molecule has 2 rings (SSSR count). The standard InChI is InChI=1S/C13H12BrCl2N3O2/c1-2-20-6-12-18-11(17)5-13(19-12)21-10-4-8(15)7(14)3-9(10)16/h3-5H,2,6H2,1H3,(H2,17,18,19). The maximum atomic E-state index is 6.10. The third kappa shape index (κ3) is 4.44. The first-order valence-electron chi connectivity index (χ1n) is 6.03. The molecule has 2 aromatic rings. The van der Waals surface area contributed by atoms with E-state index in [1.165, 1.54) is 6.07 Å². The minimum absolute atomic E-state index is 0.257. The van der Waals surface area contributed by atoms with Crippen molar-refractivity contribution in [1.82, 2.24) is 9.97 Å². The van der Waals surface area contributed by atoms with Crippen LogP contribution in [0.3, 0.4) is 0 Å². The number of ether oxygens (including phenoxy) is 2. The van der Waals surface area contributed by atoms with Gasteiger partial charge in [0.25, 0.3) is 0 Å². The van der Waals surface area contributed by atoms with Crippen molar-refractivity contribution in [2.24, 2.45) is 0 Å². The second-order valence-electron chi connectivity index (χ2n) is 3.98. The summed E-state index contributed by atoms with van der Waals surface area (Å²) in [6.45, 7) is 2.70. The van der Waals surface area contributed by atoms with Crippen molar-refractivity contribution >= 4 is 44.9 Å². The average molecular weight is 393 g/mol. The van der Waals surface area contributed by atoms with Gasteiger partial charge in [0.05, 0.1) is 10.0 Å². The van der Waals surface area contributed by atoms with E-state index in [2.05, 4.69) is 25.9 Å². The topological polar surface area (TPSA) is 70.3 Å². The van der Waals surface area contributed by atoms with E-state index in [9.17, 15) is 0 Å². The van der Waals surface area contributed by atoms with Gasteiger partial charge in [-0.1, -0.05) is 23.2 Å². The van der Waals surface area contributed by atoms with E-state index in [-0.39, 0.29) is 18.3 Å². The summed E-state index contributed by atoms with van der Waals surface area (Å²) in [5, 5.41) is 0.876. The van der Waals surface area contributed by atoms with Crippen LogP contribution in [0.1, 0.15) is 12.7 Å². The molecular formula is C13H12BrCl2N3O2. The van der Waals surface area contributed by atoms with E-state index in [1.807, 2.05) is 6.92 Å². The SMILES string of the molecule is CCOCc1nc(N)cc(Oc2cc(Cl)c(Br)cc2Cl)n1. The Morgan fingerprint density at radius 2 is 1.95 bits per heavy atom. The predicted octanol–water partition coefficient (Wildman–Crippen LogP) is 4.46. The van der Waals surface area contributed by atoms with E-state index in [4.69, 9.17) is 38.4 Å². The lowest BCUT2D eigenvalue weighted by atomic mass is 10.3. The Bertz CT molecular complexity index is 656. The molecule has 0 aliphatic rings. The first-order valence-corrected chi connectivity index (χ1v) is 7.58. The smallest absolute Gasteiger partial charge is 0.224 e. The van der Waals surface area contributed by atoms with Gasteiger partial charge in [-0.25, -0.2) is 4.98 Å². The highest BCUT2D eigenvalue weighted by Crippen LogP contribution is 2.36. The quantitative estimate of drug-likeness (QED) is 0.760.